The van der Waals surface area contributed by atoms with Crippen molar-refractivity contribution < 1.29 is 5.11 Å². The van der Waals surface area contributed by atoms with E-state index >= 15 is 0 Å². The minimum atomic E-state index is 0.283. The first-order valence-corrected chi connectivity index (χ1v) is 4.05. The van der Waals surface area contributed by atoms with Crippen LogP contribution in [0.2, 0.25) is 0 Å². The molecule has 2 rings (SSSR count). The summed E-state index contributed by atoms with van der Waals surface area (Å²) in [4.78, 5) is 0. The number of aromatic hydroxyl groups is 1. The summed E-state index contributed by atoms with van der Waals surface area (Å²) in [6, 6.07) is 9.10. The number of rotatable bonds is 1. The van der Waals surface area contributed by atoms with Crippen molar-refractivity contribution in [2.75, 3.05) is 0 Å². The molecule has 0 saturated carbocycles. The summed E-state index contributed by atoms with van der Waals surface area (Å²) in [6.45, 7) is 0. The summed E-state index contributed by atoms with van der Waals surface area (Å²) < 4.78 is 1.73. The molecule has 0 aliphatic rings. The van der Waals surface area contributed by atoms with Gasteiger partial charge < -0.3 is 5.11 Å². The number of nitrogens with zero attached hydrogens (tertiary/aromatic N) is 2. The summed E-state index contributed by atoms with van der Waals surface area (Å²) in [5.41, 5.74) is 1.72. The summed E-state index contributed by atoms with van der Waals surface area (Å²) in [6.07, 6.45) is 1.71. The Hall–Kier alpha value is -1.77. The van der Waals surface area contributed by atoms with E-state index in [9.17, 15) is 5.11 Å². The maximum atomic E-state index is 9.57. The van der Waals surface area contributed by atoms with Crippen molar-refractivity contribution in [3.8, 4) is 17.0 Å². The molecule has 2 aromatic rings. The molecule has 1 N–H and O–H groups in total. The largest absolute Gasteiger partial charge is 0.507 e. The van der Waals surface area contributed by atoms with Gasteiger partial charge in [-0.15, -0.1) is 0 Å². The smallest absolute Gasteiger partial charge is 0.124 e. The minimum Gasteiger partial charge on any atom is -0.507 e. The highest BCUT2D eigenvalue weighted by Gasteiger charge is 2.05. The lowest BCUT2D eigenvalue weighted by molar-refractivity contribution is 0.476. The van der Waals surface area contributed by atoms with E-state index in [4.69, 9.17) is 0 Å². The maximum absolute atomic E-state index is 9.57. The Morgan fingerprint density at radius 3 is 2.62 bits per heavy atom. The van der Waals surface area contributed by atoms with Crippen LogP contribution in [-0.2, 0) is 7.05 Å². The van der Waals surface area contributed by atoms with Gasteiger partial charge in [0.25, 0.3) is 0 Å². The second-order valence-electron chi connectivity index (χ2n) is 2.86. The molecule has 0 amide bonds. The van der Waals surface area contributed by atoms with Gasteiger partial charge in [-0.05, 0) is 18.2 Å². The predicted octanol–water partition coefficient (Wildman–Crippen LogP) is 1.79. The van der Waals surface area contributed by atoms with E-state index in [1.807, 2.05) is 25.2 Å². The van der Waals surface area contributed by atoms with Gasteiger partial charge in [-0.3, -0.25) is 4.68 Å². The van der Waals surface area contributed by atoms with E-state index in [-0.39, 0.29) is 5.75 Å². The Morgan fingerprint density at radius 2 is 2.00 bits per heavy atom. The van der Waals surface area contributed by atoms with Gasteiger partial charge in [0, 0.05) is 18.8 Å². The van der Waals surface area contributed by atoms with E-state index < -0.39 is 0 Å². The number of hydrogen-bond donors (Lipinski definition) is 1. The van der Waals surface area contributed by atoms with Crippen molar-refractivity contribution in [2.24, 2.45) is 7.05 Å². The number of aryl methyl sites for hydroxylation is 1. The quantitative estimate of drug-likeness (QED) is 0.715. The van der Waals surface area contributed by atoms with Crippen LogP contribution in [-0.4, -0.2) is 14.9 Å². The average molecular weight is 174 g/mol. The number of benzene rings is 1. The molecule has 0 atom stereocenters. The molecule has 13 heavy (non-hydrogen) atoms. The lowest BCUT2D eigenvalue weighted by atomic mass is 10.1. The first kappa shape index (κ1) is 7.86. The van der Waals surface area contributed by atoms with Crippen molar-refractivity contribution in [1.82, 2.24) is 9.78 Å². The lowest BCUT2D eigenvalue weighted by Gasteiger charge is -2.03. The van der Waals surface area contributed by atoms with Gasteiger partial charge in [-0.2, -0.15) is 5.10 Å². The number of phenolic OH excluding ortho intramolecular Hbond substituents is 1. The SMILES string of the molecule is Cn1nccc1-c1ccccc1O. The third-order valence-corrected chi connectivity index (χ3v) is 2.00. The average Bonchev–Trinajstić information content (AvgIpc) is 2.52. The van der Waals surface area contributed by atoms with Crippen LogP contribution in [0.15, 0.2) is 36.5 Å². The van der Waals surface area contributed by atoms with Crippen molar-refractivity contribution in [1.29, 1.82) is 0 Å². The molecular weight excluding hydrogens is 164 g/mol. The molecule has 3 nitrogen and oxygen atoms in total. The molecule has 0 spiro atoms. The molecule has 1 heterocycles. The minimum absolute atomic E-state index is 0.283. The maximum Gasteiger partial charge on any atom is 0.124 e. The summed E-state index contributed by atoms with van der Waals surface area (Å²) >= 11 is 0. The van der Waals surface area contributed by atoms with E-state index in [1.54, 1.807) is 23.0 Å². The van der Waals surface area contributed by atoms with Gasteiger partial charge in [0.05, 0.1) is 5.69 Å². The summed E-state index contributed by atoms with van der Waals surface area (Å²) in [5, 5.41) is 13.6. The van der Waals surface area contributed by atoms with Gasteiger partial charge >= 0.3 is 0 Å². The van der Waals surface area contributed by atoms with Gasteiger partial charge in [-0.1, -0.05) is 12.1 Å². The van der Waals surface area contributed by atoms with Crippen LogP contribution >= 0.6 is 0 Å². The van der Waals surface area contributed by atoms with Gasteiger partial charge in [0.2, 0.25) is 0 Å². The molecular formula is C10H10N2O. The Labute approximate surface area is 76.3 Å². The molecule has 0 radical (unpaired) electrons. The van der Waals surface area contributed by atoms with Crippen molar-refractivity contribution >= 4 is 0 Å². The normalized spacial score (nSPS) is 10.2. The topological polar surface area (TPSA) is 38.0 Å². The zero-order valence-corrected chi connectivity index (χ0v) is 7.31. The second kappa shape index (κ2) is 2.94. The molecule has 0 saturated heterocycles. The van der Waals surface area contributed by atoms with E-state index in [0.717, 1.165) is 11.3 Å². The summed E-state index contributed by atoms with van der Waals surface area (Å²) in [7, 11) is 1.85. The highest BCUT2D eigenvalue weighted by atomic mass is 16.3. The standard InChI is InChI=1S/C10H10N2O/c1-12-9(6-7-11-12)8-4-2-3-5-10(8)13/h2-7,13H,1H3. The summed E-state index contributed by atoms with van der Waals surface area (Å²) in [5.74, 6) is 0.283. The van der Waals surface area contributed by atoms with E-state index in [1.165, 1.54) is 0 Å². The molecule has 0 aliphatic heterocycles. The molecule has 3 heteroatoms. The second-order valence-corrected chi connectivity index (χ2v) is 2.86. The van der Waals surface area contributed by atoms with Crippen LogP contribution in [0.25, 0.3) is 11.3 Å². The van der Waals surface area contributed by atoms with Gasteiger partial charge in [-0.25, -0.2) is 0 Å². The zero-order valence-electron chi connectivity index (χ0n) is 7.31. The van der Waals surface area contributed by atoms with Crippen molar-refractivity contribution in [3.05, 3.63) is 36.5 Å². The Bertz CT molecular complexity index is 420. The Morgan fingerprint density at radius 1 is 1.23 bits per heavy atom. The number of para-hydroxylation sites is 1. The molecule has 0 fully saturated rings. The molecule has 0 aliphatic carbocycles. The molecule has 0 bridgehead atoms. The van der Waals surface area contributed by atoms with Crippen LogP contribution in [0.4, 0.5) is 0 Å². The molecule has 0 unspecified atom stereocenters. The fourth-order valence-electron chi connectivity index (χ4n) is 1.33. The fourth-order valence-corrected chi connectivity index (χ4v) is 1.33. The number of phenols is 1. The molecule has 1 aromatic carbocycles. The van der Waals surface area contributed by atoms with Gasteiger partial charge in [0.15, 0.2) is 0 Å². The highest BCUT2D eigenvalue weighted by molar-refractivity contribution is 5.66. The highest BCUT2D eigenvalue weighted by Crippen LogP contribution is 2.27. The first-order chi connectivity index (χ1) is 6.29. The monoisotopic (exact) mass is 174 g/mol. The fraction of sp³-hybridized carbons (Fsp3) is 0.100. The zero-order chi connectivity index (χ0) is 9.26. The van der Waals surface area contributed by atoms with E-state index in [2.05, 4.69) is 5.10 Å². The third kappa shape index (κ3) is 1.28. The van der Waals surface area contributed by atoms with Crippen molar-refractivity contribution in [2.45, 2.75) is 0 Å². The molecule has 1 aromatic heterocycles. The number of hydrogen-bond acceptors (Lipinski definition) is 2. The lowest BCUT2D eigenvalue weighted by Crippen LogP contribution is -1.92. The Kier molecular flexibility index (Phi) is 1.77. The van der Waals surface area contributed by atoms with E-state index in [0.29, 0.717) is 0 Å². The van der Waals surface area contributed by atoms with Crippen LogP contribution in [0.1, 0.15) is 0 Å². The Balaban J connectivity index is 2.59. The van der Waals surface area contributed by atoms with Gasteiger partial charge in [0.1, 0.15) is 5.75 Å². The number of aromatic nitrogens is 2. The van der Waals surface area contributed by atoms with Crippen LogP contribution in [0.3, 0.4) is 0 Å². The molecule has 66 valence electrons. The van der Waals surface area contributed by atoms with Crippen LogP contribution < -0.4 is 0 Å². The first-order valence-electron chi connectivity index (χ1n) is 4.05. The van der Waals surface area contributed by atoms with Crippen LogP contribution in [0, 0.1) is 0 Å². The predicted molar refractivity (Wildman–Crippen MR) is 50.3 cm³/mol. The van der Waals surface area contributed by atoms with Crippen LogP contribution in [0.5, 0.6) is 5.75 Å². The third-order valence-electron chi connectivity index (χ3n) is 2.00. The van der Waals surface area contributed by atoms with Crippen molar-refractivity contribution in [3.63, 3.8) is 0 Å².